The van der Waals surface area contributed by atoms with Crippen LogP contribution in [0, 0.1) is 0 Å². The first-order valence-corrected chi connectivity index (χ1v) is 11.1. The molecule has 0 saturated carbocycles. The average molecular weight is 428 g/mol. The quantitative estimate of drug-likeness (QED) is 0.352. The van der Waals surface area contributed by atoms with E-state index in [1.165, 1.54) is 11.1 Å². The van der Waals surface area contributed by atoms with Crippen LogP contribution in [0.1, 0.15) is 41.0 Å². The van der Waals surface area contributed by atoms with E-state index >= 15 is 0 Å². The number of unbranched alkanes of at least 4 members (excludes halogenated alkanes) is 2. The van der Waals surface area contributed by atoms with E-state index in [4.69, 9.17) is 9.72 Å². The SMILES string of the molecule is COc1ccc(C(=O)NCCCCCc2nc3ccccc3n2Cc2ccccc2)cc1. The van der Waals surface area contributed by atoms with Crippen LogP contribution in [0.3, 0.4) is 0 Å². The maximum atomic E-state index is 12.3. The van der Waals surface area contributed by atoms with Crippen LogP contribution in [-0.4, -0.2) is 29.1 Å². The molecule has 4 aromatic rings. The molecule has 0 radical (unpaired) electrons. The summed E-state index contributed by atoms with van der Waals surface area (Å²) in [5.74, 6) is 1.83. The van der Waals surface area contributed by atoms with Crippen LogP contribution in [-0.2, 0) is 13.0 Å². The van der Waals surface area contributed by atoms with Crippen molar-refractivity contribution in [2.24, 2.45) is 0 Å². The number of aromatic nitrogens is 2. The summed E-state index contributed by atoms with van der Waals surface area (Å²) in [5, 5.41) is 3.00. The smallest absolute Gasteiger partial charge is 0.251 e. The zero-order valence-electron chi connectivity index (χ0n) is 18.5. The third-order valence-electron chi connectivity index (χ3n) is 5.63. The summed E-state index contributed by atoms with van der Waals surface area (Å²) in [4.78, 5) is 17.1. The number of ether oxygens (including phenoxy) is 1. The Hall–Kier alpha value is -3.60. The molecular weight excluding hydrogens is 398 g/mol. The zero-order valence-corrected chi connectivity index (χ0v) is 18.5. The highest BCUT2D eigenvalue weighted by Crippen LogP contribution is 2.19. The number of para-hydroxylation sites is 2. The number of aryl methyl sites for hydroxylation is 1. The molecular formula is C27H29N3O2. The molecule has 1 heterocycles. The van der Waals surface area contributed by atoms with Gasteiger partial charge in [0.05, 0.1) is 18.1 Å². The maximum Gasteiger partial charge on any atom is 0.251 e. The lowest BCUT2D eigenvalue weighted by molar-refractivity contribution is 0.0953. The number of hydrogen-bond donors (Lipinski definition) is 1. The van der Waals surface area contributed by atoms with Gasteiger partial charge in [-0.2, -0.15) is 0 Å². The van der Waals surface area contributed by atoms with E-state index in [0.717, 1.165) is 49.3 Å². The van der Waals surface area contributed by atoms with Crippen molar-refractivity contribution < 1.29 is 9.53 Å². The summed E-state index contributed by atoms with van der Waals surface area (Å²) in [6.45, 7) is 1.50. The maximum absolute atomic E-state index is 12.3. The lowest BCUT2D eigenvalue weighted by Crippen LogP contribution is -2.24. The Bertz CT molecular complexity index is 1150. The van der Waals surface area contributed by atoms with Gasteiger partial charge in [-0.05, 0) is 54.8 Å². The number of carbonyl (C=O) groups is 1. The minimum absolute atomic E-state index is 0.0442. The van der Waals surface area contributed by atoms with Crippen molar-refractivity contribution in [3.8, 4) is 5.75 Å². The summed E-state index contributed by atoms with van der Waals surface area (Å²) in [5.41, 5.74) is 4.15. The minimum atomic E-state index is -0.0442. The van der Waals surface area contributed by atoms with Gasteiger partial charge in [-0.15, -0.1) is 0 Å². The van der Waals surface area contributed by atoms with Crippen LogP contribution < -0.4 is 10.1 Å². The molecule has 0 atom stereocenters. The molecule has 4 rings (SSSR count). The number of methoxy groups -OCH3 is 1. The van der Waals surface area contributed by atoms with Gasteiger partial charge in [0.25, 0.3) is 5.91 Å². The second-order valence-corrected chi connectivity index (χ2v) is 7.88. The van der Waals surface area contributed by atoms with E-state index in [-0.39, 0.29) is 5.91 Å². The molecule has 1 N–H and O–H groups in total. The lowest BCUT2D eigenvalue weighted by atomic mass is 10.1. The summed E-state index contributed by atoms with van der Waals surface area (Å²) in [6.07, 6.45) is 3.95. The van der Waals surface area contributed by atoms with Crippen molar-refractivity contribution in [3.63, 3.8) is 0 Å². The molecule has 0 unspecified atom stereocenters. The summed E-state index contributed by atoms with van der Waals surface area (Å²) >= 11 is 0. The molecule has 3 aromatic carbocycles. The predicted molar refractivity (Wildman–Crippen MR) is 128 cm³/mol. The van der Waals surface area contributed by atoms with E-state index < -0.39 is 0 Å². The highest BCUT2D eigenvalue weighted by Gasteiger charge is 2.11. The Labute approximate surface area is 189 Å². The van der Waals surface area contributed by atoms with Gasteiger partial charge >= 0.3 is 0 Å². The van der Waals surface area contributed by atoms with Crippen molar-refractivity contribution in [2.75, 3.05) is 13.7 Å². The van der Waals surface area contributed by atoms with Crippen LogP contribution in [0.4, 0.5) is 0 Å². The fraction of sp³-hybridized carbons (Fsp3) is 0.259. The number of carbonyl (C=O) groups excluding carboxylic acids is 1. The second-order valence-electron chi connectivity index (χ2n) is 7.88. The van der Waals surface area contributed by atoms with Crippen molar-refractivity contribution in [1.29, 1.82) is 0 Å². The van der Waals surface area contributed by atoms with Gasteiger partial charge in [0.2, 0.25) is 0 Å². The molecule has 0 aliphatic carbocycles. The fourth-order valence-corrected chi connectivity index (χ4v) is 3.89. The number of imidazole rings is 1. The van der Waals surface area contributed by atoms with Gasteiger partial charge < -0.3 is 14.6 Å². The molecule has 0 aliphatic rings. The number of fused-ring (bicyclic) bond motifs is 1. The summed E-state index contributed by atoms with van der Waals surface area (Å²) in [7, 11) is 1.62. The van der Waals surface area contributed by atoms with E-state index in [2.05, 4.69) is 52.3 Å². The molecule has 0 aliphatic heterocycles. The van der Waals surface area contributed by atoms with E-state index in [9.17, 15) is 4.79 Å². The van der Waals surface area contributed by atoms with Crippen LogP contribution in [0.2, 0.25) is 0 Å². The van der Waals surface area contributed by atoms with Crippen molar-refractivity contribution >= 4 is 16.9 Å². The lowest BCUT2D eigenvalue weighted by Gasteiger charge is -2.10. The summed E-state index contributed by atoms with van der Waals surface area (Å²) < 4.78 is 7.46. The van der Waals surface area contributed by atoms with E-state index in [1.54, 1.807) is 31.4 Å². The van der Waals surface area contributed by atoms with Crippen molar-refractivity contribution in [2.45, 2.75) is 32.2 Å². The number of rotatable bonds is 10. The molecule has 164 valence electrons. The minimum Gasteiger partial charge on any atom is -0.497 e. The number of benzene rings is 3. The Balaban J connectivity index is 1.29. The van der Waals surface area contributed by atoms with Crippen molar-refractivity contribution in [1.82, 2.24) is 14.9 Å². The first kappa shape index (κ1) is 21.6. The van der Waals surface area contributed by atoms with Gasteiger partial charge in [0.1, 0.15) is 11.6 Å². The average Bonchev–Trinajstić information content (AvgIpc) is 3.19. The van der Waals surface area contributed by atoms with Gasteiger partial charge in [-0.25, -0.2) is 4.98 Å². The first-order valence-electron chi connectivity index (χ1n) is 11.1. The number of nitrogens with one attached hydrogen (secondary N) is 1. The number of nitrogens with zero attached hydrogens (tertiary/aromatic N) is 2. The molecule has 32 heavy (non-hydrogen) atoms. The van der Waals surface area contributed by atoms with Crippen LogP contribution in [0.5, 0.6) is 5.75 Å². The molecule has 5 nitrogen and oxygen atoms in total. The normalized spacial score (nSPS) is 10.9. The van der Waals surface area contributed by atoms with Crippen LogP contribution in [0.25, 0.3) is 11.0 Å². The first-order chi connectivity index (χ1) is 15.7. The predicted octanol–water partition coefficient (Wildman–Crippen LogP) is 5.24. The van der Waals surface area contributed by atoms with Gasteiger partial charge in [-0.1, -0.05) is 48.9 Å². The second kappa shape index (κ2) is 10.6. The van der Waals surface area contributed by atoms with Gasteiger partial charge in [-0.3, -0.25) is 4.79 Å². The molecule has 1 aromatic heterocycles. The highest BCUT2D eigenvalue weighted by atomic mass is 16.5. The van der Waals surface area contributed by atoms with Gasteiger partial charge in [0, 0.05) is 25.1 Å². The Morgan fingerprint density at radius 2 is 1.66 bits per heavy atom. The Morgan fingerprint density at radius 3 is 2.44 bits per heavy atom. The molecule has 5 heteroatoms. The monoisotopic (exact) mass is 427 g/mol. The topological polar surface area (TPSA) is 56.1 Å². The molecule has 1 amide bonds. The third kappa shape index (κ3) is 5.35. The number of amides is 1. The standard InChI is InChI=1S/C27H29N3O2/c1-32-23-17-15-22(16-18-23)27(31)28-19-9-3-6-14-26-29-24-12-7-8-13-25(24)30(26)20-21-10-4-2-5-11-21/h2,4-5,7-8,10-13,15-18H,3,6,9,14,19-20H2,1H3,(H,28,31). The van der Waals surface area contributed by atoms with Crippen LogP contribution >= 0.6 is 0 Å². The molecule has 0 spiro atoms. The molecule has 0 saturated heterocycles. The highest BCUT2D eigenvalue weighted by molar-refractivity contribution is 5.94. The van der Waals surface area contributed by atoms with Crippen molar-refractivity contribution in [3.05, 3.63) is 95.8 Å². The molecule has 0 fully saturated rings. The largest absolute Gasteiger partial charge is 0.497 e. The third-order valence-corrected chi connectivity index (χ3v) is 5.63. The summed E-state index contributed by atoms with van der Waals surface area (Å²) in [6, 6.07) is 26.0. The Morgan fingerprint density at radius 1 is 0.906 bits per heavy atom. The van der Waals surface area contributed by atoms with E-state index in [1.807, 2.05) is 12.1 Å². The van der Waals surface area contributed by atoms with Crippen LogP contribution in [0.15, 0.2) is 78.9 Å². The van der Waals surface area contributed by atoms with Gasteiger partial charge in [0.15, 0.2) is 0 Å². The molecule has 0 bridgehead atoms. The fourth-order valence-electron chi connectivity index (χ4n) is 3.89. The Kier molecular flexibility index (Phi) is 7.18. The zero-order chi connectivity index (χ0) is 22.2. The van der Waals surface area contributed by atoms with E-state index in [0.29, 0.717) is 12.1 Å². The number of hydrogen-bond acceptors (Lipinski definition) is 3.